The first-order valence-corrected chi connectivity index (χ1v) is 7.95. The number of rotatable bonds is 9. The smallest absolute Gasteiger partial charge is 0.279 e. The van der Waals surface area contributed by atoms with Crippen molar-refractivity contribution in [1.29, 1.82) is 0 Å². The van der Waals surface area contributed by atoms with Gasteiger partial charge in [-0.25, -0.2) is 4.72 Å². The van der Waals surface area contributed by atoms with Gasteiger partial charge in [-0.1, -0.05) is 30.3 Å². The summed E-state index contributed by atoms with van der Waals surface area (Å²) in [5, 5.41) is 0. The first-order valence-electron chi connectivity index (χ1n) is 6.51. The van der Waals surface area contributed by atoms with E-state index in [4.69, 9.17) is 5.73 Å². The molecule has 6 heteroatoms. The standard InChI is InChI=1S/C13H23N3O2S/c1-16(12-6-10-14)19(17,18)15-11-5-9-13-7-3-2-4-8-13/h2-4,7-8,15H,5-6,9-12,14H2,1H3. The lowest BCUT2D eigenvalue weighted by atomic mass is 10.1. The van der Waals surface area contributed by atoms with Crippen molar-refractivity contribution >= 4 is 10.2 Å². The summed E-state index contributed by atoms with van der Waals surface area (Å²) in [6, 6.07) is 10.0. The number of hydrogen-bond acceptors (Lipinski definition) is 3. The van der Waals surface area contributed by atoms with Crippen LogP contribution < -0.4 is 10.5 Å². The van der Waals surface area contributed by atoms with Crippen LogP contribution in [-0.4, -0.2) is 39.4 Å². The maximum Gasteiger partial charge on any atom is 0.279 e. The molecular weight excluding hydrogens is 262 g/mol. The summed E-state index contributed by atoms with van der Waals surface area (Å²) in [5.74, 6) is 0. The van der Waals surface area contributed by atoms with Crippen molar-refractivity contribution in [2.24, 2.45) is 5.73 Å². The van der Waals surface area contributed by atoms with E-state index in [9.17, 15) is 8.42 Å². The summed E-state index contributed by atoms with van der Waals surface area (Å²) in [5.41, 5.74) is 6.58. The van der Waals surface area contributed by atoms with Gasteiger partial charge < -0.3 is 5.73 Å². The Hall–Kier alpha value is -0.950. The fourth-order valence-electron chi connectivity index (χ4n) is 1.68. The summed E-state index contributed by atoms with van der Waals surface area (Å²) in [6.45, 7) is 1.39. The minimum atomic E-state index is -3.36. The molecule has 1 aromatic rings. The van der Waals surface area contributed by atoms with Crippen molar-refractivity contribution in [3.05, 3.63) is 35.9 Å². The Morgan fingerprint density at radius 2 is 1.89 bits per heavy atom. The van der Waals surface area contributed by atoms with Gasteiger partial charge in [-0.2, -0.15) is 12.7 Å². The van der Waals surface area contributed by atoms with Gasteiger partial charge in [0, 0.05) is 20.1 Å². The fraction of sp³-hybridized carbons (Fsp3) is 0.538. The highest BCUT2D eigenvalue weighted by atomic mass is 32.2. The predicted octanol–water partition coefficient (Wildman–Crippen LogP) is 0.734. The van der Waals surface area contributed by atoms with E-state index < -0.39 is 10.2 Å². The maximum absolute atomic E-state index is 11.8. The van der Waals surface area contributed by atoms with E-state index in [1.807, 2.05) is 30.3 Å². The Bertz CT molecular complexity index is 448. The summed E-state index contributed by atoms with van der Waals surface area (Å²) >= 11 is 0. The molecule has 0 atom stereocenters. The Morgan fingerprint density at radius 3 is 2.53 bits per heavy atom. The van der Waals surface area contributed by atoms with Crippen molar-refractivity contribution in [3.63, 3.8) is 0 Å². The molecule has 0 heterocycles. The van der Waals surface area contributed by atoms with Gasteiger partial charge in [0.25, 0.3) is 10.2 Å². The van der Waals surface area contributed by atoms with Gasteiger partial charge in [0.15, 0.2) is 0 Å². The van der Waals surface area contributed by atoms with E-state index >= 15 is 0 Å². The monoisotopic (exact) mass is 285 g/mol. The Morgan fingerprint density at radius 1 is 1.21 bits per heavy atom. The lowest BCUT2D eigenvalue weighted by molar-refractivity contribution is 0.452. The first kappa shape index (κ1) is 16.1. The van der Waals surface area contributed by atoms with E-state index in [1.165, 1.54) is 9.87 Å². The molecule has 0 radical (unpaired) electrons. The van der Waals surface area contributed by atoms with Gasteiger partial charge in [0.05, 0.1) is 0 Å². The second-order valence-corrected chi connectivity index (χ2v) is 6.31. The van der Waals surface area contributed by atoms with Crippen LogP contribution in [0.1, 0.15) is 18.4 Å². The van der Waals surface area contributed by atoms with Crippen molar-refractivity contribution < 1.29 is 8.42 Å². The molecule has 1 aromatic carbocycles. The van der Waals surface area contributed by atoms with E-state index in [-0.39, 0.29) is 0 Å². The molecule has 0 aliphatic rings. The van der Waals surface area contributed by atoms with Crippen LogP contribution >= 0.6 is 0 Å². The van der Waals surface area contributed by atoms with Crippen LogP contribution in [0.5, 0.6) is 0 Å². The number of hydrogen-bond donors (Lipinski definition) is 2. The van der Waals surface area contributed by atoms with Crippen LogP contribution in [0, 0.1) is 0 Å². The predicted molar refractivity (Wildman–Crippen MR) is 78.0 cm³/mol. The number of nitrogens with two attached hydrogens (primary N) is 1. The quantitative estimate of drug-likeness (QED) is 0.657. The third-order valence-corrected chi connectivity index (χ3v) is 4.43. The highest BCUT2D eigenvalue weighted by Crippen LogP contribution is 2.02. The molecule has 3 N–H and O–H groups in total. The Balaban J connectivity index is 2.28. The van der Waals surface area contributed by atoms with Gasteiger partial charge in [-0.05, 0) is 31.4 Å². The zero-order chi connectivity index (χ0) is 14.1. The maximum atomic E-state index is 11.8. The lowest BCUT2D eigenvalue weighted by Crippen LogP contribution is -2.39. The van der Waals surface area contributed by atoms with Crippen LogP contribution in [0.4, 0.5) is 0 Å². The molecule has 0 fully saturated rings. The van der Waals surface area contributed by atoms with E-state index in [2.05, 4.69) is 4.72 Å². The Labute approximate surface area is 116 Å². The fourth-order valence-corrected chi connectivity index (χ4v) is 2.67. The summed E-state index contributed by atoms with van der Waals surface area (Å²) in [4.78, 5) is 0. The minimum absolute atomic E-state index is 0.449. The minimum Gasteiger partial charge on any atom is -0.330 e. The van der Waals surface area contributed by atoms with Gasteiger partial charge >= 0.3 is 0 Å². The van der Waals surface area contributed by atoms with E-state index in [1.54, 1.807) is 7.05 Å². The molecule has 0 saturated heterocycles. The summed E-state index contributed by atoms with van der Waals surface area (Å²) in [6.07, 6.45) is 2.32. The molecule has 0 bridgehead atoms. The van der Waals surface area contributed by atoms with Crippen molar-refractivity contribution in [1.82, 2.24) is 9.03 Å². The van der Waals surface area contributed by atoms with Crippen molar-refractivity contribution in [2.45, 2.75) is 19.3 Å². The topological polar surface area (TPSA) is 75.4 Å². The second-order valence-electron chi connectivity index (χ2n) is 4.45. The Kier molecular flexibility index (Phi) is 7.01. The molecule has 0 amide bonds. The first-order chi connectivity index (χ1) is 9.06. The van der Waals surface area contributed by atoms with Gasteiger partial charge in [-0.15, -0.1) is 0 Å². The largest absolute Gasteiger partial charge is 0.330 e. The zero-order valence-corrected chi connectivity index (χ0v) is 12.2. The molecule has 108 valence electrons. The van der Waals surface area contributed by atoms with Gasteiger partial charge in [-0.3, -0.25) is 0 Å². The van der Waals surface area contributed by atoms with Crippen LogP contribution in [0.25, 0.3) is 0 Å². The van der Waals surface area contributed by atoms with E-state index in [0.29, 0.717) is 26.1 Å². The average Bonchev–Trinajstić information content (AvgIpc) is 2.42. The highest BCUT2D eigenvalue weighted by molar-refractivity contribution is 7.87. The average molecular weight is 285 g/mol. The molecule has 0 unspecified atom stereocenters. The molecule has 0 aromatic heterocycles. The number of benzene rings is 1. The van der Waals surface area contributed by atoms with Crippen LogP contribution in [-0.2, 0) is 16.6 Å². The lowest BCUT2D eigenvalue weighted by Gasteiger charge is -2.17. The van der Waals surface area contributed by atoms with Crippen LogP contribution in [0.2, 0.25) is 0 Å². The van der Waals surface area contributed by atoms with Crippen molar-refractivity contribution in [2.75, 3.05) is 26.7 Å². The SMILES string of the molecule is CN(CCCN)S(=O)(=O)NCCCc1ccccc1. The number of aryl methyl sites for hydroxylation is 1. The molecule has 0 saturated carbocycles. The molecule has 0 aliphatic carbocycles. The molecule has 0 spiro atoms. The third kappa shape index (κ3) is 6.15. The molecular formula is C13H23N3O2S. The van der Waals surface area contributed by atoms with Crippen LogP contribution in [0.3, 0.4) is 0 Å². The summed E-state index contributed by atoms with van der Waals surface area (Å²) < 4.78 is 27.5. The van der Waals surface area contributed by atoms with Crippen molar-refractivity contribution in [3.8, 4) is 0 Å². The summed E-state index contributed by atoms with van der Waals surface area (Å²) in [7, 11) is -1.79. The highest BCUT2D eigenvalue weighted by Gasteiger charge is 2.15. The van der Waals surface area contributed by atoms with Gasteiger partial charge in [0.1, 0.15) is 0 Å². The molecule has 0 aliphatic heterocycles. The third-order valence-electron chi connectivity index (χ3n) is 2.86. The zero-order valence-electron chi connectivity index (χ0n) is 11.4. The van der Waals surface area contributed by atoms with Crippen LogP contribution in [0.15, 0.2) is 30.3 Å². The second kappa shape index (κ2) is 8.27. The van der Waals surface area contributed by atoms with Gasteiger partial charge in [0.2, 0.25) is 0 Å². The molecule has 1 rings (SSSR count). The molecule has 5 nitrogen and oxygen atoms in total. The number of nitrogens with zero attached hydrogens (tertiary/aromatic N) is 1. The molecule has 19 heavy (non-hydrogen) atoms. The van der Waals surface area contributed by atoms with E-state index in [0.717, 1.165) is 12.8 Å². The number of nitrogens with one attached hydrogen (secondary N) is 1. The normalized spacial score (nSPS) is 11.9.